The van der Waals surface area contributed by atoms with E-state index in [1.54, 1.807) is 30.3 Å². The summed E-state index contributed by atoms with van der Waals surface area (Å²) in [4.78, 5) is 30.1. The molecule has 4 heterocycles. The van der Waals surface area contributed by atoms with Gasteiger partial charge in [0, 0.05) is 50.6 Å². The summed E-state index contributed by atoms with van der Waals surface area (Å²) in [5.41, 5.74) is 6.65. The van der Waals surface area contributed by atoms with Gasteiger partial charge in [-0.05, 0) is 31.2 Å². The van der Waals surface area contributed by atoms with E-state index in [0.29, 0.717) is 57.3 Å². The van der Waals surface area contributed by atoms with Crippen molar-refractivity contribution in [2.45, 2.75) is 32.1 Å². The number of alkyl halides is 2. The SMILES string of the molecule is C[C@H](N)c1oc(-c2ccc(OC(F)F)c(OC3CCOC3)c2)nc1C(=O)N1CCN(c2ncccn2)CC1. The fraction of sp³-hybridized carbons (Fsp3) is 0.440. The molecule has 2 aromatic heterocycles. The van der Waals surface area contributed by atoms with Crippen LogP contribution in [0.4, 0.5) is 14.7 Å². The minimum atomic E-state index is -3.02. The summed E-state index contributed by atoms with van der Waals surface area (Å²) in [6, 6.07) is 5.51. The smallest absolute Gasteiger partial charge is 0.387 e. The highest BCUT2D eigenvalue weighted by Gasteiger charge is 2.30. The van der Waals surface area contributed by atoms with Gasteiger partial charge in [-0.25, -0.2) is 15.0 Å². The number of anilines is 1. The number of carbonyl (C=O) groups excluding carboxylic acids is 1. The zero-order valence-electron chi connectivity index (χ0n) is 20.8. The van der Waals surface area contributed by atoms with Crippen LogP contribution >= 0.6 is 0 Å². The average Bonchev–Trinajstić information content (AvgIpc) is 3.60. The number of hydrogen-bond acceptors (Lipinski definition) is 10. The molecule has 0 aliphatic carbocycles. The largest absolute Gasteiger partial charge is 0.484 e. The van der Waals surface area contributed by atoms with Crippen molar-refractivity contribution in [3.8, 4) is 23.0 Å². The molecule has 11 nitrogen and oxygen atoms in total. The third kappa shape index (κ3) is 5.68. The molecule has 1 unspecified atom stereocenters. The first-order chi connectivity index (χ1) is 18.4. The lowest BCUT2D eigenvalue weighted by Gasteiger charge is -2.34. The van der Waals surface area contributed by atoms with Crippen LogP contribution in [0.3, 0.4) is 0 Å². The van der Waals surface area contributed by atoms with Gasteiger partial charge in [-0.15, -0.1) is 0 Å². The number of halogens is 2. The Morgan fingerprint density at radius 1 is 1.16 bits per heavy atom. The second-order valence-electron chi connectivity index (χ2n) is 8.99. The van der Waals surface area contributed by atoms with Gasteiger partial charge in [0.2, 0.25) is 11.8 Å². The first kappa shape index (κ1) is 25.8. The summed E-state index contributed by atoms with van der Waals surface area (Å²) in [6.45, 7) is 1.54. The number of carbonyl (C=O) groups is 1. The second-order valence-corrected chi connectivity index (χ2v) is 8.99. The van der Waals surface area contributed by atoms with E-state index >= 15 is 0 Å². The molecular formula is C25H28F2N6O5. The zero-order chi connectivity index (χ0) is 26.6. The van der Waals surface area contributed by atoms with Crippen molar-refractivity contribution in [2.75, 3.05) is 44.3 Å². The number of rotatable bonds is 8. The van der Waals surface area contributed by atoms with Crippen molar-refractivity contribution >= 4 is 11.9 Å². The number of nitrogens with two attached hydrogens (primary N) is 1. The predicted octanol–water partition coefficient (Wildman–Crippen LogP) is 2.88. The van der Waals surface area contributed by atoms with Crippen molar-refractivity contribution in [3.05, 3.63) is 48.1 Å². The summed E-state index contributed by atoms with van der Waals surface area (Å²) in [6.07, 6.45) is 3.67. The molecule has 2 fully saturated rings. The van der Waals surface area contributed by atoms with E-state index in [2.05, 4.69) is 19.7 Å². The van der Waals surface area contributed by atoms with Crippen molar-refractivity contribution < 1.29 is 32.2 Å². The van der Waals surface area contributed by atoms with Crippen molar-refractivity contribution in [2.24, 2.45) is 5.73 Å². The maximum Gasteiger partial charge on any atom is 0.387 e. The highest BCUT2D eigenvalue weighted by atomic mass is 19.3. The number of ether oxygens (including phenoxy) is 3. The lowest BCUT2D eigenvalue weighted by Crippen LogP contribution is -2.49. The molecule has 0 radical (unpaired) electrons. The van der Waals surface area contributed by atoms with E-state index in [-0.39, 0.29) is 40.9 Å². The fourth-order valence-electron chi connectivity index (χ4n) is 4.34. The van der Waals surface area contributed by atoms with Gasteiger partial charge < -0.3 is 34.2 Å². The van der Waals surface area contributed by atoms with E-state index in [4.69, 9.17) is 19.6 Å². The van der Waals surface area contributed by atoms with Gasteiger partial charge in [0.15, 0.2) is 23.0 Å². The number of oxazole rings is 1. The molecule has 5 rings (SSSR count). The topological polar surface area (TPSA) is 129 Å². The van der Waals surface area contributed by atoms with Crippen LogP contribution < -0.4 is 20.1 Å². The van der Waals surface area contributed by atoms with Crippen LogP contribution in [0.25, 0.3) is 11.5 Å². The van der Waals surface area contributed by atoms with Crippen LogP contribution in [0.1, 0.15) is 35.6 Å². The number of aromatic nitrogens is 3. The highest BCUT2D eigenvalue weighted by molar-refractivity contribution is 5.94. The van der Waals surface area contributed by atoms with Gasteiger partial charge in [0.25, 0.3) is 5.91 Å². The molecule has 2 N–H and O–H groups in total. The molecule has 1 aromatic carbocycles. The molecule has 38 heavy (non-hydrogen) atoms. The van der Waals surface area contributed by atoms with Gasteiger partial charge in [-0.1, -0.05) is 0 Å². The van der Waals surface area contributed by atoms with Crippen LogP contribution in [-0.4, -0.2) is 77.9 Å². The Morgan fingerprint density at radius 2 is 1.92 bits per heavy atom. The van der Waals surface area contributed by atoms with Crippen LogP contribution in [0.5, 0.6) is 11.5 Å². The molecule has 2 aliphatic rings. The number of amides is 1. The first-order valence-electron chi connectivity index (χ1n) is 12.3. The Labute approximate surface area is 217 Å². The molecule has 2 saturated heterocycles. The number of nitrogens with zero attached hydrogens (tertiary/aromatic N) is 5. The van der Waals surface area contributed by atoms with E-state index in [1.165, 1.54) is 18.2 Å². The Bertz CT molecular complexity index is 1240. The summed E-state index contributed by atoms with van der Waals surface area (Å²) in [5, 5.41) is 0. The van der Waals surface area contributed by atoms with Gasteiger partial charge in [-0.3, -0.25) is 4.79 Å². The maximum atomic E-state index is 13.4. The van der Waals surface area contributed by atoms with Crippen molar-refractivity contribution in [3.63, 3.8) is 0 Å². The lowest BCUT2D eigenvalue weighted by atomic mass is 10.2. The Morgan fingerprint density at radius 3 is 2.58 bits per heavy atom. The second kappa shape index (κ2) is 11.3. The quantitative estimate of drug-likeness (QED) is 0.464. The minimum absolute atomic E-state index is 0.103. The van der Waals surface area contributed by atoms with E-state index < -0.39 is 12.7 Å². The number of piperazine rings is 1. The van der Waals surface area contributed by atoms with Crippen molar-refractivity contribution in [1.82, 2.24) is 19.9 Å². The summed E-state index contributed by atoms with van der Waals surface area (Å²) < 4.78 is 47.7. The Balaban J connectivity index is 1.37. The molecule has 202 valence electrons. The van der Waals surface area contributed by atoms with Gasteiger partial charge in [0.1, 0.15) is 6.10 Å². The van der Waals surface area contributed by atoms with Crippen LogP contribution in [0, 0.1) is 0 Å². The first-order valence-corrected chi connectivity index (χ1v) is 12.3. The van der Waals surface area contributed by atoms with Crippen LogP contribution in [0.2, 0.25) is 0 Å². The molecule has 2 atom stereocenters. The molecule has 0 saturated carbocycles. The van der Waals surface area contributed by atoms with Crippen LogP contribution in [0.15, 0.2) is 41.1 Å². The lowest BCUT2D eigenvalue weighted by molar-refractivity contribution is -0.0520. The molecular weight excluding hydrogens is 502 g/mol. The van der Waals surface area contributed by atoms with E-state index in [0.717, 1.165) is 0 Å². The molecule has 3 aromatic rings. The molecule has 13 heteroatoms. The third-order valence-corrected chi connectivity index (χ3v) is 6.26. The predicted molar refractivity (Wildman–Crippen MR) is 131 cm³/mol. The Kier molecular flexibility index (Phi) is 7.65. The monoisotopic (exact) mass is 530 g/mol. The van der Waals surface area contributed by atoms with E-state index in [1.807, 2.05) is 4.90 Å². The van der Waals surface area contributed by atoms with Crippen LogP contribution in [-0.2, 0) is 4.74 Å². The standard InChI is InChI=1S/C25H28F2N6O5/c1-15(28)21-20(23(34)32-8-10-33(11-9-32)25-29-6-2-7-30-25)31-22(38-21)16-3-4-18(37-24(26)27)19(13-16)36-17-5-12-35-14-17/h2-4,6-7,13,15,17,24H,5,8-12,14,28H2,1H3/t15-,17?/m0/s1. The average molecular weight is 531 g/mol. The molecule has 2 aliphatic heterocycles. The van der Waals surface area contributed by atoms with Gasteiger partial charge >= 0.3 is 6.61 Å². The third-order valence-electron chi connectivity index (χ3n) is 6.26. The summed E-state index contributed by atoms with van der Waals surface area (Å²) >= 11 is 0. The minimum Gasteiger partial charge on any atom is -0.484 e. The zero-order valence-corrected chi connectivity index (χ0v) is 20.8. The molecule has 1 amide bonds. The fourth-order valence-corrected chi connectivity index (χ4v) is 4.34. The summed E-state index contributed by atoms with van der Waals surface area (Å²) in [7, 11) is 0. The highest BCUT2D eigenvalue weighted by Crippen LogP contribution is 2.36. The normalized spacial score (nSPS) is 18.6. The molecule has 0 spiro atoms. The Hall–Kier alpha value is -3.84. The van der Waals surface area contributed by atoms with Gasteiger partial charge in [-0.2, -0.15) is 8.78 Å². The molecule has 0 bridgehead atoms. The number of benzene rings is 1. The maximum absolute atomic E-state index is 13.4. The summed E-state index contributed by atoms with van der Waals surface area (Å²) in [5.74, 6) is 0.642. The van der Waals surface area contributed by atoms with Gasteiger partial charge in [0.05, 0.1) is 19.3 Å². The number of hydrogen-bond donors (Lipinski definition) is 1. The van der Waals surface area contributed by atoms with Crippen molar-refractivity contribution in [1.29, 1.82) is 0 Å². The van der Waals surface area contributed by atoms with E-state index in [9.17, 15) is 13.6 Å².